The molecular formula is C16H21N5OS. The Bertz CT molecular complexity index is 661. The van der Waals surface area contributed by atoms with Crippen LogP contribution in [0, 0.1) is 6.92 Å². The van der Waals surface area contributed by atoms with Crippen LogP contribution in [0.3, 0.4) is 0 Å². The zero-order valence-corrected chi connectivity index (χ0v) is 14.3. The number of hydrogen-bond donors (Lipinski definition) is 0. The van der Waals surface area contributed by atoms with Gasteiger partial charge in [0.25, 0.3) is 5.91 Å². The first kappa shape index (κ1) is 16.0. The number of aromatic nitrogens is 3. The van der Waals surface area contributed by atoms with E-state index >= 15 is 0 Å². The molecule has 2 aromatic heterocycles. The minimum Gasteiger partial charge on any atom is -0.335 e. The van der Waals surface area contributed by atoms with Gasteiger partial charge < -0.3 is 4.90 Å². The average Bonchev–Trinajstić information content (AvgIpc) is 3.03. The molecule has 1 saturated heterocycles. The maximum absolute atomic E-state index is 12.4. The van der Waals surface area contributed by atoms with Crippen molar-refractivity contribution in [1.29, 1.82) is 0 Å². The summed E-state index contributed by atoms with van der Waals surface area (Å²) < 4.78 is 0. The average molecular weight is 331 g/mol. The van der Waals surface area contributed by atoms with Gasteiger partial charge in [0.1, 0.15) is 5.69 Å². The van der Waals surface area contributed by atoms with Gasteiger partial charge in [-0.1, -0.05) is 6.92 Å². The lowest BCUT2D eigenvalue weighted by Crippen LogP contribution is -2.48. The number of thiazole rings is 1. The Kier molecular flexibility index (Phi) is 4.97. The van der Waals surface area contributed by atoms with E-state index in [9.17, 15) is 4.79 Å². The van der Waals surface area contributed by atoms with Gasteiger partial charge in [-0.3, -0.25) is 14.7 Å². The van der Waals surface area contributed by atoms with Crippen molar-refractivity contribution in [3.8, 4) is 0 Å². The summed E-state index contributed by atoms with van der Waals surface area (Å²) in [5, 5.41) is 3.32. The largest absolute Gasteiger partial charge is 0.335 e. The molecule has 1 aliphatic heterocycles. The van der Waals surface area contributed by atoms with Crippen molar-refractivity contribution < 1.29 is 4.79 Å². The maximum Gasteiger partial charge on any atom is 0.274 e. The Morgan fingerprint density at radius 3 is 2.61 bits per heavy atom. The van der Waals surface area contributed by atoms with Crippen molar-refractivity contribution in [1.82, 2.24) is 24.8 Å². The molecule has 0 bridgehead atoms. The van der Waals surface area contributed by atoms with Crippen molar-refractivity contribution in [2.45, 2.75) is 26.8 Å². The minimum absolute atomic E-state index is 0.0286. The second-order valence-electron chi connectivity index (χ2n) is 5.70. The van der Waals surface area contributed by atoms with E-state index in [0.717, 1.165) is 50.5 Å². The van der Waals surface area contributed by atoms with Gasteiger partial charge in [-0.2, -0.15) is 0 Å². The first-order chi connectivity index (χ1) is 11.2. The third-order valence-electron chi connectivity index (χ3n) is 3.95. The molecule has 0 radical (unpaired) electrons. The van der Waals surface area contributed by atoms with Gasteiger partial charge >= 0.3 is 0 Å². The van der Waals surface area contributed by atoms with E-state index in [4.69, 9.17) is 0 Å². The molecular weight excluding hydrogens is 310 g/mol. The number of hydrogen-bond acceptors (Lipinski definition) is 6. The number of aryl methyl sites for hydroxylation is 2. The summed E-state index contributed by atoms with van der Waals surface area (Å²) in [6.45, 7) is 8.03. The highest BCUT2D eigenvalue weighted by Gasteiger charge is 2.23. The normalized spacial score (nSPS) is 15.8. The van der Waals surface area contributed by atoms with Crippen LogP contribution in [0.2, 0.25) is 0 Å². The van der Waals surface area contributed by atoms with Crippen molar-refractivity contribution in [2.24, 2.45) is 0 Å². The first-order valence-electron chi connectivity index (χ1n) is 7.89. The van der Waals surface area contributed by atoms with Crippen LogP contribution < -0.4 is 0 Å². The Morgan fingerprint density at radius 1 is 1.22 bits per heavy atom. The van der Waals surface area contributed by atoms with Crippen LogP contribution in [-0.4, -0.2) is 56.8 Å². The monoisotopic (exact) mass is 331 g/mol. The zero-order chi connectivity index (χ0) is 16.2. The number of piperazine rings is 1. The van der Waals surface area contributed by atoms with Gasteiger partial charge in [-0.15, -0.1) is 11.3 Å². The SMILES string of the molecule is CCc1nc(CN2CCN(C(=O)c3cnc(C)cn3)CC2)cs1. The summed E-state index contributed by atoms with van der Waals surface area (Å²) in [5.74, 6) is -0.0286. The van der Waals surface area contributed by atoms with Crippen LogP contribution >= 0.6 is 11.3 Å². The van der Waals surface area contributed by atoms with Crippen LogP contribution in [0.1, 0.15) is 33.8 Å². The van der Waals surface area contributed by atoms with Gasteiger partial charge in [0.05, 0.1) is 22.6 Å². The molecule has 0 spiro atoms. The molecule has 0 aromatic carbocycles. The molecule has 0 atom stereocenters. The van der Waals surface area contributed by atoms with E-state index in [2.05, 4.69) is 32.2 Å². The molecule has 0 N–H and O–H groups in total. The fraction of sp³-hybridized carbons (Fsp3) is 0.500. The molecule has 7 heteroatoms. The van der Waals surface area contributed by atoms with Crippen molar-refractivity contribution >= 4 is 17.2 Å². The molecule has 0 saturated carbocycles. The summed E-state index contributed by atoms with van der Waals surface area (Å²) in [6, 6.07) is 0. The summed E-state index contributed by atoms with van der Waals surface area (Å²) in [7, 11) is 0. The fourth-order valence-corrected chi connectivity index (χ4v) is 3.32. The Morgan fingerprint density at radius 2 is 2.00 bits per heavy atom. The number of rotatable bonds is 4. The fourth-order valence-electron chi connectivity index (χ4n) is 2.59. The quantitative estimate of drug-likeness (QED) is 0.854. The summed E-state index contributed by atoms with van der Waals surface area (Å²) in [4.78, 5) is 29.6. The second-order valence-corrected chi connectivity index (χ2v) is 6.64. The van der Waals surface area contributed by atoms with E-state index < -0.39 is 0 Å². The van der Waals surface area contributed by atoms with Gasteiger partial charge in [0.15, 0.2) is 0 Å². The van der Waals surface area contributed by atoms with Gasteiger partial charge in [-0.05, 0) is 13.3 Å². The van der Waals surface area contributed by atoms with Crippen LogP contribution in [0.4, 0.5) is 0 Å². The standard InChI is InChI=1S/C16H21N5OS/c1-3-15-19-13(11-23-15)10-20-4-6-21(7-5-20)16(22)14-9-17-12(2)8-18-14/h8-9,11H,3-7,10H2,1-2H3. The van der Waals surface area contributed by atoms with Gasteiger partial charge in [0.2, 0.25) is 0 Å². The number of nitrogens with zero attached hydrogens (tertiary/aromatic N) is 5. The molecule has 122 valence electrons. The van der Waals surface area contributed by atoms with Crippen LogP contribution in [-0.2, 0) is 13.0 Å². The highest BCUT2D eigenvalue weighted by atomic mass is 32.1. The third-order valence-corrected chi connectivity index (χ3v) is 4.99. The molecule has 23 heavy (non-hydrogen) atoms. The van der Waals surface area contributed by atoms with E-state index in [-0.39, 0.29) is 5.91 Å². The molecule has 3 rings (SSSR count). The summed E-state index contributed by atoms with van der Waals surface area (Å²) in [6.07, 6.45) is 4.19. The van der Waals surface area contributed by atoms with Crippen LogP contribution in [0.25, 0.3) is 0 Å². The Labute approximate surface area is 140 Å². The minimum atomic E-state index is -0.0286. The summed E-state index contributed by atoms with van der Waals surface area (Å²) in [5.41, 5.74) is 2.38. The molecule has 1 aliphatic rings. The Hall–Kier alpha value is -1.86. The lowest BCUT2D eigenvalue weighted by atomic mass is 10.2. The van der Waals surface area contributed by atoms with Gasteiger partial charge in [0, 0.05) is 44.3 Å². The topological polar surface area (TPSA) is 62.2 Å². The second kappa shape index (κ2) is 7.14. The zero-order valence-electron chi connectivity index (χ0n) is 13.5. The lowest BCUT2D eigenvalue weighted by molar-refractivity contribution is 0.0621. The lowest BCUT2D eigenvalue weighted by Gasteiger charge is -2.34. The van der Waals surface area contributed by atoms with E-state index in [1.807, 2.05) is 11.8 Å². The van der Waals surface area contributed by atoms with E-state index in [0.29, 0.717) is 5.69 Å². The summed E-state index contributed by atoms with van der Waals surface area (Å²) >= 11 is 1.72. The van der Waals surface area contributed by atoms with Crippen molar-refractivity contribution in [2.75, 3.05) is 26.2 Å². The van der Waals surface area contributed by atoms with Crippen molar-refractivity contribution in [3.05, 3.63) is 39.9 Å². The van der Waals surface area contributed by atoms with Crippen LogP contribution in [0.15, 0.2) is 17.8 Å². The van der Waals surface area contributed by atoms with E-state index in [1.54, 1.807) is 23.7 Å². The first-order valence-corrected chi connectivity index (χ1v) is 8.77. The molecule has 1 amide bonds. The number of carbonyl (C=O) groups excluding carboxylic acids is 1. The highest BCUT2D eigenvalue weighted by Crippen LogP contribution is 2.14. The molecule has 2 aromatic rings. The maximum atomic E-state index is 12.4. The van der Waals surface area contributed by atoms with Crippen LogP contribution in [0.5, 0.6) is 0 Å². The number of amides is 1. The predicted octanol–water partition coefficient (Wildman–Crippen LogP) is 1.76. The smallest absolute Gasteiger partial charge is 0.274 e. The van der Waals surface area contributed by atoms with Crippen molar-refractivity contribution in [3.63, 3.8) is 0 Å². The van der Waals surface area contributed by atoms with Gasteiger partial charge in [-0.25, -0.2) is 9.97 Å². The molecule has 6 nitrogen and oxygen atoms in total. The molecule has 1 fully saturated rings. The molecule has 0 unspecified atom stereocenters. The molecule has 0 aliphatic carbocycles. The third kappa shape index (κ3) is 3.92. The molecule has 3 heterocycles. The number of carbonyl (C=O) groups is 1. The predicted molar refractivity (Wildman–Crippen MR) is 89.4 cm³/mol. The van der Waals surface area contributed by atoms with E-state index in [1.165, 1.54) is 5.01 Å². The Balaban J connectivity index is 1.53. The highest BCUT2D eigenvalue weighted by molar-refractivity contribution is 7.09.